The van der Waals surface area contributed by atoms with Crippen LogP contribution in [0.2, 0.25) is 0 Å². The molecule has 0 radical (unpaired) electrons. The van der Waals surface area contributed by atoms with E-state index < -0.39 is 5.60 Å². The van der Waals surface area contributed by atoms with Crippen molar-refractivity contribution in [3.05, 3.63) is 18.1 Å². The van der Waals surface area contributed by atoms with Gasteiger partial charge in [-0.25, -0.2) is 4.98 Å². The van der Waals surface area contributed by atoms with Crippen LogP contribution in [0.25, 0.3) is 0 Å². The molecule has 2 rings (SSSR count). The van der Waals surface area contributed by atoms with Crippen molar-refractivity contribution >= 4 is 5.91 Å². The molecule has 2 N–H and O–H groups in total. The number of carbonyl (C=O) groups is 1. The summed E-state index contributed by atoms with van der Waals surface area (Å²) in [6.07, 6.45) is 4.81. The third-order valence-electron chi connectivity index (χ3n) is 3.71. The summed E-state index contributed by atoms with van der Waals surface area (Å²) >= 11 is 0. The van der Waals surface area contributed by atoms with E-state index in [2.05, 4.69) is 20.2 Å². The Morgan fingerprint density at radius 1 is 1.52 bits per heavy atom. The van der Waals surface area contributed by atoms with Gasteiger partial charge in [-0.05, 0) is 19.4 Å². The van der Waals surface area contributed by atoms with Gasteiger partial charge in [-0.3, -0.25) is 14.7 Å². The summed E-state index contributed by atoms with van der Waals surface area (Å²) in [4.78, 5) is 22.0. The molecule has 1 saturated heterocycles. The van der Waals surface area contributed by atoms with Crippen molar-refractivity contribution in [1.29, 1.82) is 0 Å². The monoisotopic (exact) mass is 294 g/mol. The number of aromatic nitrogens is 2. The van der Waals surface area contributed by atoms with Crippen LogP contribution < -0.4 is 10.1 Å². The van der Waals surface area contributed by atoms with Gasteiger partial charge in [0.2, 0.25) is 11.8 Å². The van der Waals surface area contributed by atoms with Crippen molar-refractivity contribution < 1.29 is 14.6 Å². The normalized spacial score (nSPS) is 22.8. The molecular formula is C14H22N4O3. The van der Waals surface area contributed by atoms with E-state index in [4.69, 9.17) is 4.74 Å². The van der Waals surface area contributed by atoms with Gasteiger partial charge in [0.25, 0.3) is 0 Å². The summed E-state index contributed by atoms with van der Waals surface area (Å²) in [7, 11) is 3.14. The molecule has 7 heteroatoms. The van der Waals surface area contributed by atoms with Crippen molar-refractivity contribution in [3.63, 3.8) is 0 Å². The molecular weight excluding hydrogens is 272 g/mol. The Balaban J connectivity index is 2.02. The quantitative estimate of drug-likeness (QED) is 0.791. The van der Waals surface area contributed by atoms with Crippen LogP contribution in [0.5, 0.6) is 5.88 Å². The zero-order valence-corrected chi connectivity index (χ0v) is 12.5. The van der Waals surface area contributed by atoms with Crippen LogP contribution in [-0.2, 0) is 11.3 Å². The highest BCUT2D eigenvalue weighted by Gasteiger charge is 2.35. The number of likely N-dealkylation sites (tertiary alicyclic amines) is 1. The number of carbonyl (C=O) groups excluding carboxylic acids is 1. The van der Waals surface area contributed by atoms with Crippen molar-refractivity contribution in [1.82, 2.24) is 20.2 Å². The van der Waals surface area contributed by atoms with E-state index in [1.807, 2.05) is 0 Å². The zero-order valence-electron chi connectivity index (χ0n) is 12.5. The van der Waals surface area contributed by atoms with Crippen LogP contribution in [0.4, 0.5) is 0 Å². The number of hydrogen-bond acceptors (Lipinski definition) is 6. The third-order valence-corrected chi connectivity index (χ3v) is 3.71. The summed E-state index contributed by atoms with van der Waals surface area (Å²) in [5, 5.41) is 13.1. The van der Waals surface area contributed by atoms with Crippen molar-refractivity contribution in [3.8, 4) is 5.88 Å². The minimum Gasteiger partial charge on any atom is -0.480 e. The Hall–Kier alpha value is -1.73. The summed E-state index contributed by atoms with van der Waals surface area (Å²) in [5.74, 6) is 0.356. The first kappa shape index (κ1) is 15.7. The number of methoxy groups -OCH3 is 1. The van der Waals surface area contributed by atoms with Crippen LogP contribution in [0.15, 0.2) is 12.4 Å². The molecule has 2 heterocycles. The highest BCUT2D eigenvalue weighted by Crippen LogP contribution is 2.26. The molecule has 0 aromatic carbocycles. The molecule has 1 fully saturated rings. The second kappa shape index (κ2) is 6.82. The average molecular weight is 294 g/mol. The number of β-amino-alcohol motifs (C(OH)–C–C–N with tert-alkyl or cyclic N) is 1. The Kier molecular flexibility index (Phi) is 5.08. The molecule has 1 aliphatic rings. The molecule has 1 atom stereocenters. The third kappa shape index (κ3) is 4.12. The molecule has 21 heavy (non-hydrogen) atoms. The summed E-state index contributed by atoms with van der Waals surface area (Å²) in [5.41, 5.74) is -0.238. The molecule has 1 amide bonds. The van der Waals surface area contributed by atoms with Gasteiger partial charge in [0.05, 0.1) is 19.1 Å². The number of nitrogens with zero attached hydrogens (tertiary/aromatic N) is 3. The molecule has 116 valence electrons. The molecule has 0 bridgehead atoms. The first-order valence-corrected chi connectivity index (χ1v) is 7.05. The van der Waals surface area contributed by atoms with E-state index in [-0.39, 0.29) is 12.3 Å². The van der Waals surface area contributed by atoms with Gasteiger partial charge in [0.15, 0.2) is 0 Å². The Morgan fingerprint density at radius 3 is 3.00 bits per heavy atom. The SMILES string of the molecule is CNC(=O)CC1(O)CCCN(Cc2nccnc2OC)C1. The standard InChI is InChI=1S/C14H22N4O3/c1-15-12(19)8-14(20)4-3-7-18(10-14)9-11-13(21-2)17-6-5-16-11/h5-6,20H,3-4,7-10H2,1-2H3,(H,15,19). The van der Waals surface area contributed by atoms with Crippen LogP contribution in [-0.4, -0.2) is 58.7 Å². The number of nitrogens with one attached hydrogen (secondary N) is 1. The molecule has 7 nitrogen and oxygen atoms in total. The van der Waals surface area contributed by atoms with Gasteiger partial charge in [-0.15, -0.1) is 0 Å². The fourth-order valence-electron chi connectivity index (χ4n) is 2.72. The Bertz CT molecular complexity index is 497. The number of hydrogen-bond donors (Lipinski definition) is 2. The second-order valence-corrected chi connectivity index (χ2v) is 5.40. The minimum atomic E-state index is -0.978. The fourth-order valence-corrected chi connectivity index (χ4v) is 2.72. The van der Waals surface area contributed by atoms with Crippen molar-refractivity contribution in [2.24, 2.45) is 0 Å². The smallest absolute Gasteiger partial charge is 0.236 e. The first-order chi connectivity index (χ1) is 10.1. The lowest BCUT2D eigenvalue weighted by molar-refractivity contribution is -0.128. The maximum atomic E-state index is 11.5. The molecule has 0 aliphatic carbocycles. The van der Waals surface area contributed by atoms with E-state index in [0.717, 1.165) is 18.7 Å². The number of amides is 1. The van der Waals surface area contributed by atoms with Gasteiger partial charge < -0.3 is 15.2 Å². The van der Waals surface area contributed by atoms with E-state index in [1.165, 1.54) is 0 Å². The summed E-state index contributed by atoms with van der Waals surface area (Å²) in [6.45, 7) is 1.85. The Labute approximate surface area is 124 Å². The number of rotatable bonds is 5. The molecule has 1 unspecified atom stereocenters. The van der Waals surface area contributed by atoms with Crippen molar-refractivity contribution in [2.45, 2.75) is 31.4 Å². The predicted octanol–water partition coefficient (Wildman–Crippen LogP) is -0.0518. The lowest BCUT2D eigenvalue weighted by Gasteiger charge is -2.38. The molecule has 1 aliphatic heterocycles. The maximum absolute atomic E-state index is 11.5. The van der Waals surface area contributed by atoms with Gasteiger partial charge in [-0.1, -0.05) is 0 Å². The van der Waals surface area contributed by atoms with E-state index in [0.29, 0.717) is 25.4 Å². The van der Waals surface area contributed by atoms with Crippen molar-refractivity contribution in [2.75, 3.05) is 27.2 Å². The predicted molar refractivity (Wildman–Crippen MR) is 76.7 cm³/mol. The van der Waals surface area contributed by atoms with Gasteiger partial charge in [0, 0.05) is 32.5 Å². The largest absolute Gasteiger partial charge is 0.480 e. The van der Waals surface area contributed by atoms with Gasteiger partial charge in [-0.2, -0.15) is 0 Å². The summed E-state index contributed by atoms with van der Waals surface area (Å²) in [6, 6.07) is 0. The second-order valence-electron chi connectivity index (χ2n) is 5.40. The molecule has 1 aromatic heterocycles. The van der Waals surface area contributed by atoms with Crippen LogP contribution >= 0.6 is 0 Å². The highest BCUT2D eigenvalue weighted by molar-refractivity contribution is 5.76. The van der Waals surface area contributed by atoms with Crippen LogP contribution in [0.1, 0.15) is 25.0 Å². The van der Waals surface area contributed by atoms with Crippen LogP contribution in [0.3, 0.4) is 0 Å². The number of piperidine rings is 1. The van der Waals surface area contributed by atoms with Gasteiger partial charge >= 0.3 is 0 Å². The maximum Gasteiger partial charge on any atom is 0.236 e. The average Bonchev–Trinajstić information content (AvgIpc) is 2.47. The number of aliphatic hydroxyl groups is 1. The molecule has 0 saturated carbocycles. The van der Waals surface area contributed by atoms with Crippen LogP contribution in [0, 0.1) is 0 Å². The highest BCUT2D eigenvalue weighted by atomic mass is 16.5. The minimum absolute atomic E-state index is 0.123. The topological polar surface area (TPSA) is 87.6 Å². The van der Waals surface area contributed by atoms with E-state index in [9.17, 15) is 9.90 Å². The fraction of sp³-hybridized carbons (Fsp3) is 0.643. The lowest BCUT2D eigenvalue weighted by Crippen LogP contribution is -2.50. The molecule has 1 aromatic rings. The molecule has 0 spiro atoms. The zero-order chi connectivity index (χ0) is 15.3. The lowest BCUT2D eigenvalue weighted by atomic mass is 9.89. The van der Waals surface area contributed by atoms with E-state index >= 15 is 0 Å². The van der Waals surface area contributed by atoms with Gasteiger partial charge in [0.1, 0.15) is 5.69 Å². The number of ether oxygens (including phenoxy) is 1. The summed E-state index contributed by atoms with van der Waals surface area (Å²) < 4.78 is 5.19. The first-order valence-electron chi connectivity index (χ1n) is 7.05. The van der Waals surface area contributed by atoms with E-state index in [1.54, 1.807) is 26.6 Å². The Morgan fingerprint density at radius 2 is 2.29 bits per heavy atom.